The summed E-state index contributed by atoms with van der Waals surface area (Å²) < 4.78 is 8.13. The van der Waals surface area contributed by atoms with E-state index in [9.17, 15) is 0 Å². The van der Waals surface area contributed by atoms with Gasteiger partial charge in [0, 0.05) is 25.0 Å². The summed E-state index contributed by atoms with van der Waals surface area (Å²) in [4.78, 5) is 0. The van der Waals surface area contributed by atoms with E-state index in [1.165, 1.54) is 14.7 Å². The van der Waals surface area contributed by atoms with E-state index in [1.54, 1.807) is 0 Å². The maximum Gasteiger partial charge on any atom is 0.127 e. The Morgan fingerprint density at radius 3 is 2.86 bits per heavy atom. The number of ether oxygens (including phenoxy) is 1. The first-order valence-corrected chi connectivity index (χ1v) is 8.92. The Hall–Kier alpha value is -0.300. The average molecular weight is 479 g/mol. The molecule has 0 bridgehead atoms. The number of halogens is 3. The Morgan fingerprint density at radius 2 is 2.10 bits per heavy atom. The van der Waals surface area contributed by atoms with Gasteiger partial charge in [0.15, 0.2) is 0 Å². The lowest BCUT2D eigenvalue weighted by molar-refractivity contribution is 0.351. The summed E-state index contributed by atoms with van der Waals surface area (Å²) in [5.74, 6) is 1.01. The molecule has 1 aliphatic rings. The van der Waals surface area contributed by atoms with Crippen LogP contribution >= 0.6 is 50.1 Å². The Bertz CT molecular complexity index is 692. The molecular formula is C16H14BrClINO. The third-order valence-corrected chi connectivity index (χ3v) is 5.32. The Labute approximate surface area is 151 Å². The van der Waals surface area contributed by atoms with Crippen LogP contribution in [0.2, 0.25) is 5.02 Å². The molecule has 3 rings (SSSR count). The number of hydrogen-bond acceptors (Lipinski definition) is 2. The van der Waals surface area contributed by atoms with Gasteiger partial charge < -0.3 is 10.1 Å². The molecule has 1 unspecified atom stereocenters. The molecule has 0 spiro atoms. The van der Waals surface area contributed by atoms with Crippen molar-refractivity contribution in [3.05, 3.63) is 60.1 Å². The molecule has 0 fully saturated rings. The van der Waals surface area contributed by atoms with Crippen molar-refractivity contribution in [3.63, 3.8) is 0 Å². The van der Waals surface area contributed by atoms with Crippen LogP contribution in [-0.2, 0) is 6.42 Å². The zero-order chi connectivity index (χ0) is 15.0. The number of fused-ring (bicyclic) bond motifs is 1. The molecule has 0 aromatic heterocycles. The van der Waals surface area contributed by atoms with E-state index in [2.05, 4.69) is 56.0 Å². The summed E-state index contributed by atoms with van der Waals surface area (Å²) in [5, 5.41) is 4.14. The first kappa shape index (κ1) is 15.6. The quantitative estimate of drug-likeness (QED) is 0.631. The molecule has 0 amide bonds. The van der Waals surface area contributed by atoms with Gasteiger partial charge in [0.05, 0.1) is 12.6 Å². The van der Waals surface area contributed by atoms with Gasteiger partial charge in [0.1, 0.15) is 5.75 Å². The van der Waals surface area contributed by atoms with E-state index < -0.39 is 0 Å². The molecule has 0 saturated heterocycles. The SMILES string of the molecule is CNC(c1cc(Cl)ccc1I)c1cc(Br)cc2c1OCC2. The first-order chi connectivity index (χ1) is 10.1. The molecule has 1 aliphatic heterocycles. The zero-order valence-electron chi connectivity index (χ0n) is 11.4. The number of hydrogen-bond donors (Lipinski definition) is 1. The molecule has 21 heavy (non-hydrogen) atoms. The number of nitrogens with one attached hydrogen (secondary N) is 1. The van der Waals surface area contributed by atoms with Crippen molar-refractivity contribution in [1.82, 2.24) is 5.32 Å². The Kier molecular flexibility index (Phi) is 4.78. The lowest BCUT2D eigenvalue weighted by atomic mass is 9.96. The average Bonchev–Trinajstić information content (AvgIpc) is 2.91. The minimum absolute atomic E-state index is 0.0555. The van der Waals surface area contributed by atoms with Crippen molar-refractivity contribution >= 4 is 50.1 Å². The molecule has 1 atom stereocenters. The zero-order valence-corrected chi connectivity index (χ0v) is 15.9. The fraction of sp³-hybridized carbons (Fsp3) is 0.250. The molecule has 1 heterocycles. The molecule has 1 N–H and O–H groups in total. The standard InChI is InChI=1S/C16H14BrClINO/c1-20-15(12-8-11(18)2-3-14(12)19)13-7-10(17)6-9-4-5-21-16(9)13/h2-3,6-8,15,20H,4-5H2,1H3. The summed E-state index contributed by atoms with van der Waals surface area (Å²) in [7, 11) is 1.96. The first-order valence-electron chi connectivity index (χ1n) is 6.67. The van der Waals surface area contributed by atoms with Gasteiger partial charge in [-0.1, -0.05) is 27.5 Å². The van der Waals surface area contributed by atoms with E-state index >= 15 is 0 Å². The highest BCUT2D eigenvalue weighted by Crippen LogP contribution is 2.40. The summed E-state index contributed by atoms with van der Waals surface area (Å²) in [6.45, 7) is 0.752. The molecule has 2 nitrogen and oxygen atoms in total. The topological polar surface area (TPSA) is 21.3 Å². The predicted molar refractivity (Wildman–Crippen MR) is 98.4 cm³/mol. The largest absolute Gasteiger partial charge is 0.493 e. The molecule has 0 saturated carbocycles. The third kappa shape index (κ3) is 3.09. The van der Waals surface area contributed by atoms with Crippen molar-refractivity contribution in [1.29, 1.82) is 0 Å². The number of rotatable bonds is 3. The van der Waals surface area contributed by atoms with Crippen LogP contribution in [0.4, 0.5) is 0 Å². The van der Waals surface area contributed by atoms with E-state index in [1.807, 2.05) is 25.2 Å². The third-order valence-electron chi connectivity index (χ3n) is 3.65. The van der Waals surface area contributed by atoms with Crippen LogP contribution in [0.3, 0.4) is 0 Å². The smallest absolute Gasteiger partial charge is 0.127 e. The molecule has 2 aromatic carbocycles. The normalized spacial score (nSPS) is 14.7. The minimum atomic E-state index is 0.0555. The molecule has 2 aromatic rings. The summed E-state index contributed by atoms with van der Waals surface area (Å²) in [6.07, 6.45) is 0.963. The Morgan fingerprint density at radius 1 is 1.29 bits per heavy atom. The summed E-state index contributed by atoms with van der Waals surface area (Å²) in [6, 6.07) is 10.3. The van der Waals surface area contributed by atoms with Gasteiger partial charge in [-0.15, -0.1) is 0 Å². The molecule has 0 aliphatic carbocycles. The highest BCUT2D eigenvalue weighted by molar-refractivity contribution is 14.1. The van der Waals surface area contributed by atoms with Crippen LogP contribution in [0, 0.1) is 3.57 Å². The van der Waals surface area contributed by atoms with Crippen LogP contribution < -0.4 is 10.1 Å². The lowest BCUT2D eigenvalue weighted by Crippen LogP contribution is -2.19. The van der Waals surface area contributed by atoms with Crippen molar-refractivity contribution in [2.45, 2.75) is 12.5 Å². The van der Waals surface area contributed by atoms with Crippen LogP contribution in [0.15, 0.2) is 34.8 Å². The van der Waals surface area contributed by atoms with Gasteiger partial charge in [-0.3, -0.25) is 0 Å². The van der Waals surface area contributed by atoms with Crippen LogP contribution in [-0.4, -0.2) is 13.7 Å². The summed E-state index contributed by atoms with van der Waals surface area (Å²) in [5.41, 5.74) is 3.58. The van der Waals surface area contributed by atoms with Gasteiger partial charge in [0.25, 0.3) is 0 Å². The van der Waals surface area contributed by atoms with Gasteiger partial charge in [0.2, 0.25) is 0 Å². The van der Waals surface area contributed by atoms with Crippen LogP contribution in [0.1, 0.15) is 22.7 Å². The monoisotopic (exact) mass is 477 g/mol. The molecular weight excluding hydrogens is 464 g/mol. The second-order valence-corrected chi connectivity index (χ2v) is 7.48. The van der Waals surface area contributed by atoms with Gasteiger partial charge in [-0.2, -0.15) is 0 Å². The fourth-order valence-corrected chi connectivity index (χ4v) is 4.08. The maximum absolute atomic E-state index is 6.18. The number of benzene rings is 2. The second-order valence-electron chi connectivity index (χ2n) is 4.97. The maximum atomic E-state index is 6.18. The van der Waals surface area contributed by atoms with Gasteiger partial charge >= 0.3 is 0 Å². The lowest BCUT2D eigenvalue weighted by Gasteiger charge is -2.21. The minimum Gasteiger partial charge on any atom is -0.493 e. The van der Waals surface area contributed by atoms with Crippen molar-refractivity contribution in [3.8, 4) is 5.75 Å². The van der Waals surface area contributed by atoms with E-state index in [-0.39, 0.29) is 6.04 Å². The van der Waals surface area contributed by atoms with Crippen LogP contribution in [0.25, 0.3) is 0 Å². The van der Waals surface area contributed by atoms with E-state index in [0.717, 1.165) is 33.8 Å². The van der Waals surface area contributed by atoms with Crippen LogP contribution in [0.5, 0.6) is 5.75 Å². The highest BCUT2D eigenvalue weighted by atomic mass is 127. The van der Waals surface area contributed by atoms with Crippen molar-refractivity contribution in [2.75, 3.05) is 13.7 Å². The predicted octanol–water partition coefficient (Wildman–Crippen LogP) is 4.95. The van der Waals surface area contributed by atoms with E-state index in [0.29, 0.717) is 0 Å². The van der Waals surface area contributed by atoms with E-state index in [4.69, 9.17) is 16.3 Å². The van der Waals surface area contributed by atoms with Crippen molar-refractivity contribution < 1.29 is 4.74 Å². The van der Waals surface area contributed by atoms with Gasteiger partial charge in [-0.05, 0) is 71.1 Å². The second kappa shape index (κ2) is 6.44. The Balaban J connectivity index is 2.15. The molecule has 0 radical (unpaired) electrons. The van der Waals surface area contributed by atoms with Crippen molar-refractivity contribution in [2.24, 2.45) is 0 Å². The summed E-state index contributed by atoms with van der Waals surface area (Å²) >= 11 is 12.1. The highest BCUT2D eigenvalue weighted by Gasteiger charge is 2.25. The molecule has 110 valence electrons. The fourth-order valence-electron chi connectivity index (χ4n) is 2.73. The molecule has 5 heteroatoms. The van der Waals surface area contributed by atoms with Gasteiger partial charge in [-0.25, -0.2) is 0 Å².